The molecule has 0 saturated heterocycles. The fraction of sp³-hybridized carbons (Fsp3) is 0.250. The molecule has 0 aliphatic carbocycles. The third kappa shape index (κ3) is 3.39. The summed E-state index contributed by atoms with van der Waals surface area (Å²) in [6.07, 6.45) is 0. The molecule has 5 heteroatoms. The van der Waals surface area contributed by atoms with E-state index in [0.717, 1.165) is 12.1 Å². The highest BCUT2D eigenvalue weighted by molar-refractivity contribution is 6.30. The van der Waals surface area contributed by atoms with Gasteiger partial charge in [-0.15, -0.1) is 0 Å². The SMILES string of the molecule is CCNC(c1ccc(Cl)c(F)c1)c1cc(F)c(C)cc1F. The first-order valence-electron chi connectivity index (χ1n) is 6.58. The number of hydrogen-bond donors (Lipinski definition) is 1. The van der Waals surface area contributed by atoms with Crippen molar-refractivity contribution in [3.63, 3.8) is 0 Å². The molecule has 0 amide bonds. The van der Waals surface area contributed by atoms with Gasteiger partial charge in [0.1, 0.15) is 17.5 Å². The standard InChI is InChI=1S/C16H15ClF3N/c1-3-21-16(10-4-5-12(17)15(20)7-10)11-8-13(18)9(2)6-14(11)19/h4-8,16,21H,3H2,1-2H3. The topological polar surface area (TPSA) is 12.0 Å². The van der Waals surface area contributed by atoms with Gasteiger partial charge in [-0.25, -0.2) is 13.2 Å². The number of nitrogens with one attached hydrogen (secondary N) is 1. The van der Waals surface area contributed by atoms with E-state index in [-0.39, 0.29) is 16.1 Å². The van der Waals surface area contributed by atoms with Gasteiger partial charge in [0.05, 0.1) is 11.1 Å². The van der Waals surface area contributed by atoms with Crippen molar-refractivity contribution in [2.24, 2.45) is 0 Å². The predicted molar refractivity (Wildman–Crippen MR) is 78.0 cm³/mol. The molecule has 112 valence electrons. The van der Waals surface area contributed by atoms with Gasteiger partial charge in [-0.05, 0) is 48.9 Å². The molecule has 0 aromatic heterocycles. The van der Waals surface area contributed by atoms with Crippen molar-refractivity contribution in [3.05, 3.63) is 69.5 Å². The van der Waals surface area contributed by atoms with Gasteiger partial charge in [-0.3, -0.25) is 0 Å². The molecule has 0 radical (unpaired) electrons. The number of benzene rings is 2. The molecular formula is C16H15ClF3N. The van der Waals surface area contributed by atoms with Crippen LogP contribution in [0, 0.1) is 24.4 Å². The van der Waals surface area contributed by atoms with E-state index >= 15 is 0 Å². The fourth-order valence-electron chi connectivity index (χ4n) is 2.19. The first-order chi connectivity index (χ1) is 9.93. The summed E-state index contributed by atoms with van der Waals surface area (Å²) in [5.74, 6) is -1.62. The van der Waals surface area contributed by atoms with Crippen molar-refractivity contribution >= 4 is 11.6 Å². The minimum Gasteiger partial charge on any atom is -0.306 e. The summed E-state index contributed by atoms with van der Waals surface area (Å²) in [6.45, 7) is 3.85. The molecule has 21 heavy (non-hydrogen) atoms. The average Bonchev–Trinajstić information content (AvgIpc) is 2.44. The maximum atomic E-state index is 14.1. The van der Waals surface area contributed by atoms with Crippen LogP contribution in [0.15, 0.2) is 30.3 Å². The summed E-state index contributed by atoms with van der Waals surface area (Å²) in [7, 11) is 0. The van der Waals surface area contributed by atoms with Crippen molar-refractivity contribution < 1.29 is 13.2 Å². The van der Waals surface area contributed by atoms with E-state index in [2.05, 4.69) is 5.32 Å². The zero-order valence-corrected chi connectivity index (χ0v) is 12.4. The zero-order valence-electron chi connectivity index (χ0n) is 11.7. The molecule has 0 bridgehead atoms. The lowest BCUT2D eigenvalue weighted by molar-refractivity contribution is 0.538. The van der Waals surface area contributed by atoms with Crippen LogP contribution in [0.1, 0.15) is 29.7 Å². The summed E-state index contributed by atoms with van der Waals surface area (Å²) < 4.78 is 41.5. The molecule has 0 aliphatic rings. The Bertz CT molecular complexity index is 658. The van der Waals surface area contributed by atoms with E-state index < -0.39 is 23.5 Å². The third-order valence-electron chi connectivity index (χ3n) is 3.27. The molecule has 2 aromatic rings. The molecule has 0 heterocycles. The first-order valence-corrected chi connectivity index (χ1v) is 6.95. The van der Waals surface area contributed by atoms with Crippen LogP contribution in [0.2, 0.25) is 5.02 Å². The Kier molecular flexibility index (Phi) is 4.91. The van der Waals surface area contributed by atoms with Crippen molar-refractivity contribution in [2.75, 3.05) is 6.54 Å². The lowest BCUT2D eigenvalue weighted by Gasteiger charge is -2.20. The quantitative estimate of drug-likeness (QED) is 0.857. The maximum Gasteiger partial charge on any atom is 0.142 e. The predicted octanol–water partition coefficient (Wildman–Crippen LogP) is 4.76. The summed E-state index contributed by atoms with van der Waals surface area (Å²) >= 11 is 5.66. The van der Waals surface area contributed by atoms with Crippen LogP contribution >= 0.6 is 11.6 Å². The Labute approximate surface area is 126 Å². The molecule has 1 N–H and O–H groups in total. The molecule has 0 aliphatic heterocycles. The monoisotopic (exact) mass is 313 g/mol. The van der Waals surface area contributed by atoms with Crippen LogP contribution in [0.25, 0.3) is 0 Å². The molecule has 2 aromatic carbocycles. The average molecular weight is 314 g/mol. The second kappa shape index (κ2) is 6.50. The fourth-order valence-corrected chi connectivity index (χ4v) is 2.30. The van der Waals surface area contributed by atoms with E-state index in [0.29, 0.717) is 12.1 Å². The Morgan fingerprint density at radius 2 is 1.76 bits per heavy atom. The van der Waals surface area contributed by atoms with Gasteiger partial charge in [0.25, 0.3) is 0 Å². The van der Waals surface area contributed by atoms with Gasteiger partial charge in [-0.2, -0.15) is 0 Å². The lowest BCUT2D eigenvalue weighted by atomic mass is 9.96. The van der Waals surface area contributed by atoms with E-state index in [1.54, 1.807) is 6.07 Å². The van der Waals surface area contributed by atoms with Crippen LogP contribution in [-0.2, 0) is 0 Å². The molecule has 1 atom stereocenters. The first kappa shape index (κ1) is 15.9. The maximum absolute atomic E-state index is 14.1. The number of rotatable bonds is 4. The number of aryl methyl sites for hydroxylation is 1. The number of hydrogen-bond acceptors (Lipinski definition) is 1. The molecular weight excluding hydrogens is 299 g/mol. The smallest absolute Gasteiger partial charge is 0.142 e. The van der Waals surface area contributed by atoms with Crippen molar-refractivity contribution in [3.8, 4) is 0 Å². The van der Waals surface area contributed by atoms with Gasteiger partial charge in [0.15, 0.2) is 0 Å². The summed E-state index contributed by atoms with van der Waals surface area (Å²) in [6, 6.07) is 5.87. The normalized spacial score (nSPS) is 12.5. The second-order valence-electron chi connectivity index (χ2n) is 4.79. The van der Waals surface area contributed by atoms with Gasteiger partial charge in [0.2, 0.25) is 0 Å². The van der Waals surface area contributed by atoms with E-state index in [1.807, 2.05) is 6.92 Å². The highest BCUT2D eigenvalue weighted by atomic mass is 35.5. The van der Waals surface area contributed by atoms with Crippen LogP contribution in [0.3, 0.4) is 0 Å². The van der Waals surface area contributed by atoms with Gasteiger partial charge < -0.3 is 5.32 Å². The second-order valence-corrected chi connectivity index (χ2v) is 5.19. The van der Waals surface area contributed by atoms with Crippen LogP contribution in [0.4, 0.5) is 13.2 Å². The zero-order chi connectivity index (χ0) is 15.6. The summed E-state index contributed by atoms with van der Waals surface area (Å²) in [5, 5.41) is 3.02. The number of halogens is 4. The van der Waals surface area contributed by atoms with Crippen molar-refractivity contribution in [2.45, 2.75) is 19.9 Å². The third-order valence-corrected chi connectivity index (χ3v) is 3.58. The summed E-state index contributed by atoms with van der Waals surface area (Å²) in [5.41, 5.74) is 0.858. The van der Waals surface area contributed by atoms with Gasteiger partial charge in [-0.1, -0.05) is 24.6 Å². The van der Waals surface area contributed by atoms with Crippen molar-refractivity contribution in [1.82, 2.24) is 5.32 Å². The van der Waals surface area contributed by atoms with E-state index in [1.165, 1.54) is 19.1 Å². The van der Waals surface area contributed by atoms with Crippen LogP contribution in [0.5, 0.6) is 0 Å². The molecule has 1 unspecified atom stereocenters. The highest BCUT2D eigenvalue weighted by Crippen LogP contribution is 2.28. The Hall–Kier alpha value is -1.52. The Balaban J connectivity index is 2.52. The van der Waals surface area contributed by atoms with Crippen molar-refractivity contribution in [1.29, 1.82) is 0 Å². The molecule has 1 nitrogen and oxygen atoms in total. The van der Waals surface area contributed by atoms with Crippen LogP contribution in [-0.4, -0.2) is 6.54 Å². The minimum absolute atomic E-state index is 0.00967. The Morgan fingerprint density at radius 1 is 1.05 bits per heavy atom. The molecule has 0 fully saturated rings. The van der Waals surface area contributed by atoms with E-state index in [9.17, 15) is 13.2 Å². The van der Waals surface area contributed by atoms with E-state index in [4.69, 9.17) is 11.6 Å². The Morgan fingerprint density at radius 3 is 2.38 bits per heavy atom. The highest BCUT2D eigenvalue weighted by Gasteiger charge is 2.20. The molecule has 0 spiro atoms. The largest absolute Gasteiger partial charge is 0.306 e. The van der Waals surface area contributed by atoms with Crippen LogP contribution < -0.4 is 5.32 Å². The molecule has 0 saturated carbocycles. The minimum atomic E-state index is -0.642. The van der Waals surface area contributed by atoms with Gasteiger partial charge >= 0.3 is 0 Å². The summed E-state index contributed by atoms with van der Waals surface area (Å²) in [4.78, 5) is 0. The lowest BCUT2D eigenvalue weighted by Crippen LogP contribution is -2.23. The molecule has 2 rings (SSSR count). The van der Waals surface area contributed by atoms with Gasteiger partial charge in [0, 0.05) is 5.56 Å².